The first-order chi connectivity index (χ1) is 20.8. The molecule has 2 amide bonds. The number of aromatic nitrogens is 1. The van der Waals surface area contributed by atoms with E-state index in [1.54, 1.807) is 25.3 Å². The summed E-state index contributed by atoms with van der Waals surface area (Å²) < 4.78 is 39.8. The van der Waals surface area contributed by atoms with Crippen molar-refractivity contribution in [1.82, 2.24) is 15.2 Å². The van der Waals surface area contributed by atoms with Gasteiger partial charge in [0.15, 0.2) is 0 Å². The van der Waals surface area contributed by atoms with E-state index < -0.39 is 40.8 Å². The molecule has 234 valence electrons. The number of para-hydroxylation sites is 1. The predicted molar refractivity (Wildman–Crippen MR) is 161 cm³/mol. The van der Waals surface area contributed by atoms with Crippen molar-refractivity contribution in [2.45, 2.75) is 45.1 Å². The van der Waals surface area contributed by atoms with Gasteiger partial charge in [-0.05, 0) is 31.4 Å². The zero-order valence-electron chi connectivity index (χ0n) is 24.3. The summed E-state index contributed by atoms with van der Waals surface area (Å²) in [5.41, 5.74) is 5.45. The highest BCUT2D eigenvalue weighted by atomic mass is 32.1. The van der Waals surface area contributed by atoms with Crippen molar-refractivity contribution in [2.75, 3.05) is 13.6 Å². The van der Waals surface area contributed by atoms with Gasteiger partial charge in [0.25, 0.3) is 0 Å². The molecule has 1 aliphatic carbocycles. The van der Waals surface area contributed by atoms with Crippen molar-refractivity contribution in [3.63, 3.8) is 0 Å². The first-order valence-corrected chi connectivity index (χ1v) is 14.9. The minimum atomic E-state index is -4.72. The van der Waals surface area contributed by atoms with E-state index in [1.807, 2.05) is 42.6 Å². The number of phenols is 1. The van der Waals surface area contributed by atoms with E-state index in [1.165, 1.54) is 28.4 Å². The molecule has 3 atom stereocenters. The summed E-state index contributed by atoms with van der Waals surface area (Å²) >= 11 is 1.44. The summed E-state index contributed by atoms with van der Waals surface area (Å²) in [6.07, 6.45) is -0.923. The number of nitrogens with two attached hydrogens (primary N) is 1. The summed E-state index contributed by atoms with van der Waals surface area (Å²) in [5, 5.41) is 27.3. The molecule has 12 heteroatoms. The number of thiazole rings is 1. The number of aliphatic hydroxyl groups excluding tert-OH is 1. The van der Waals surface area contributed by atoms with Crippen molar-refractivity contribution >= 4 is 23.2 Å². The molecule has 0 radical (unpaired) electrons. The van der Waals surface area contributed by atoms with Gasteiger partial charge in [-0.15, -0.1) is 11.3 Å². The van der Waals surface area contributed by atoms with E-state index in [2.05, 4.69) is 10.3 Å². The highest BCUT2D eigenvalue weighted by molar-refractivity contribution is 7.09. The smallest absolute Gasteiger partial charge is 0.419 e. The average Bonchev–Trinajstić information content (AvgIpc) is 3.40. The number of halogens is 3. The molecule has 0 spiro atoms. The topological polar surface area (TPSA) is 129 Å². The average molecular weight is 629 g/mol. The quantitative estimate of drug-likeness (QED) is 0.234. The molecule has 3 aromatic rings. The number of nitrogens with one attached hydrogen (secondary N) is 1. The third-order valence-electron chi connectivity index (χ3n) is 7.81. The van der Waals surface area contributed by atoms with E-state index in [4.69, 9.17) is 5.73 Å². The number of hydrogen-bond acceptors (Lipinski definition) is 7. The second-order valence-electron chi connectivity index (χ2n) is 11.0. The number of amides is 2. The lowest BCUT2D eigenvalue weighted by molar-refractivity contribution is -0.139. The number of nitrogens with zero attached hydrogens (tertiary/aromatic N) is 2. The summed E-state index contributed by atoms with van der Waals surface area (Å²) in [6, 6.07) is 12.5. The Morgan fingerprint density at radius 3 is 2.55 bits per heavy atom. The van der Waals surface area contributed by atoms with Crippen LogP contribution in [0.3, 0.4) is 0 Å². The molecule has 1 aliphatic rings. The Labute approximate surface area is 257 Å². The first-order valence-electron chi connectivity index (χ1n) is 14.0. The molecule has 0 fully saturated rings. The third-order valence-corrected chi connectivity index (χ3v) is 8.76. The summed E-state index contributed by atoms with van der Waals surface area (Å²) in [7, 11) is 1.65. The lowest BCUT2D eigenvalue weighted by atomic mass is 9.64. The number of alkyl halides is 3. The fourth-order valence-corrected chi connectivity index (χ4v) is 6.33. The lowest BCUT2D eigenvalue weighted by Gasteiger charge is -2.41. The lowest BCUT2D eigenvalue weighted by Crippen LogP contribution is -2.51. The minimum absolute atomic E-state index is 0.00286. The maximum absolute atomic E-state index is 13.5. The SMILES string of the molecule is Cc1csc(CN(C)C(=O)C2=CC=CC(C(N)=O)([C@H](Cc3ccccc3)[C@@H](O)CNCc3cccc(C(F)(F)F)c3O)C2)n1. The number of benzene rings is 2. The van der Waals surface area contributed by atoms with Gasteiger partial charge >= 0.3 is 6.18 Å². The van der Waals surface area contributed by atoms with Crippen LogP contribution in [-0.2, 0) is 35.3 Å². The second kappa shape index (κ2) is 13.7. The van der Waals surface area contributed by atoms with Gasteiger partial charge in [0, 0.05) is 48.3 Å². The van der Waals surface area contributed by atoms with E-state index in [0.717, 1.165) is 22.3 Å². The van der Waals surface area contributed by atoms with E-state index >= 15 is 0 Å². The van der Waals surface area contributed by atoms with Crippen LogP contribution in [-0.4, -0.2) is 51.6 Å². The Morgan fingerprint density at radius 1 is 1.18 bits per heavy atom. The van der Waals surface area contributed by atoms with Crippen LogP contribution in [0.15, 0.2) is 77.7 Å². The summed E-state index contributed by atoms with van der Waals surface area (Å²) in [6.45, 7) is 1.85. The van der Waals surface area contributed by atoms with Gasteiger partial charge in [-0.3, -0.25) is 9.59 Å². The van der Waals surface area contributed by atoms with Gasteiger partial charge < -0.3 is 26.2 Å². The zero-order chi connectivity index (χ0) is 32.1. The standard InChI is InChI=1S/C32H35F3N4O4S/c1-20-19-44-27(38-20)18-39(2)29(42)22-11-7-13-31(15-22,30(36)43)25(14-21-8-4-3-5-9-21)26(40)17-37-16-23-10-6-12-24(28(23)41)32(33,34)35/h3-13,19,25-26,37,40-41H,14-18H2,1-2H3,(H2,36,43)/t25-,26+,31?/m1/s1. The zero-order valence-corrected chi connectivity index (χ0v) is 25.2. The van der Waals surface area contributed by atoms with Crippen molar-refractivity contribution < 1.29 is 33.0 Å². The van der Waals surface area contributed by atoms with Gasteiger partial charge in [-0.1, -0.05) is 60.7 Å². The fraction of sp³-hybridized carbons (Fsp3) is 0.344. The summed E-state index contributed by atoms with van der Waals surface area (Å²) in [4.78, 5) is 32.7. The number of aryl methyl sites for hydroxylation is 1. The second-order valence-corrected chi connectivity index (χ2v) is 11.9. The van der Waals surface area contributed by atoms with Crippen LogP contribution in [0.5, 0.6) is 5.75 Å². The molecule has 1 aromatic heterocycles. The third kappa shape index (κ3) is 7.55. The maximum atomic E-state index is 13.5. The van der Waals surface area contributed by atoms with Crippen LogP contribution in [0.2, 0.25) is 0 Å². The van der Waals surface area contributed by atoms with Crippen LogP contribution in [0.1, 0.15) is 33.8 Å². The fourth-order valence-electron chi connectivity index (χ4n) is 5.51. The van der Waals surface area contributed by atoms with E-state index in [9.17, 15) is 33.0 Å². The number of carbonyl (C=O) groups is 2. The van der Waals surface area contributed by atoms with Crippen molar-refractivity contribution in [3.05, 3.63) is 105 Å². The van der Waals surface area contributed by atoms with Crippen molar-refractivity contribution in [3.8, 4) is 5.75 Å². The van der Waals surface area contributed by atoms with Gasteiger partial charge in [0.1, 0.15) is 10.8 Å². The normalized spacial score (nSPS) is 18.0. The van der Waals surface area contributed by atoms with Crippen LogP contribution in [0.4, 0.5) is 13.2 Å². The highest BCUT2D eigenvalue weighted by Crippen LogP contribution is 2.43. The van der Waals surface area contributed by atoms with Crippen molar-refractivity contribution in [2.24, 2.45) is 17.1 Å². The monoisotopic (exact) mass is 628 g/mol. The van der Waals surface area contributed by atoms with Crippen LogP contribution < -0.4 is 11.1 Å². The molecule has 0 aliphatic heterocycles. The molecule has 5 N–H and O–H groups in total. The molecule has 8 nitrogen and oxygen atoms in total. The van der Waals surface area contributed by atoms with Gasteiger partial charge in [0.05, 0.1) is 23.6 Å². The van der Waals surface area contributed by atoms with Crippen LogP contribution >= 0.6 is 11.3 Å². The highest BCUT2D eigenvalue weighted by Gasteiger charge is 2.47. The number of primary amides is 1. The molecule has 4 rings (SSSR count). The van der Waals surface area contributed by atoms with Gasteiger partial charge in [-0.2, -0.15) is 13.2 Å². The Bertz CT molecular complexity index is 1540. The number of aromatic hydroxyl groups is 1. The van der Waals surface area contributed by atoms with E-state index in [-0.39, 0.29) is 43.9 Å². The van der Waals surface area contributed by atoms with Gasteiger partial charge in [-0.25, -0.2) is 4.98 Å². The molecule has 2 aromatic carbocycles. The molecule has 44 heavy (non-hydrogen) atoms. The number of likely N-dealkylation sites (N-methyl/N-ethyl adjacent to an activating group) is 1. The molecular weight excluding hydrogens is 593 g/mol. The molecule has 1 unspecified atom stereocenters. The Kier molecular flexibility index (Phi) is 10.3. The Hall–Kier alpha value is -4.00. The van der Waals surface area contributed by atoms with Crippen LogP contribution in [0, 0.1) is 18.3 Å². The van der Waals surface area contributed by atoms with E-state index in [0.29, 0.717) is 5.57 Å². The number of phenolic OH excluding ortho intramolecular Hbond substituents is 1. The number of hydrogen-bond donors (Lipinski definition) is 4. The molecule has 0 bridgehead atoms. The van der Waals surface area contributed by atoms with Gasteiger partial charge in [0.2, 0.25) is 11.8 Å². The Balaban J connectivity index is 1.57. The Morgan fingerprint density at radius 2 is 1.91 bits per heavy atom. The number of carbonyl (C=O) groups excluding carboxylic acids is 2. The molecule has 0 saturated heterocycles. The predicted octanol–water partition coefficient (Wildman–Crippen LogP) is 4.50. The minimum Gasteiger partial charge on any atom is -0.507 e. The number of rotatable bonds is 12. The molecule has 1 heterocycles. The van der Waals surface area contributed by atoms with Crippen molar-refractivity contribution in [1.29, 1.82) is 0 Å². The number of allylic oxidation sites excluding steroid dienone is 2. The van der Waals surface area contributed by atoms with Crippen LogP contribution in [0.25, 0.3) is 0 Å². The molecule has 0 saturated carbocycles. The maximum Gasteiger partial charge on any atom is 0.419 e. The molecular formula is C32H35F3N4O4S. The largest absolute Gasteiger partial charge is 0.507 e. The first kappa shape index (κ1) is 32.9. The summed E-state index contributed by atoms with van der Waals surface area (Å²) in [5.74, 6) is -2.73. The number of aliphatic hydroxyl groups is 1.